The molecule has 2 rings (SSSR count). The summed E-state index contributed by atoms with van der Waals surface area (Å²) in [6.45, 7) is 3.79. The second-order valence-corrected chi connectivity index (χ2v) is 3.45. The molecule has 0 aliphatic carbocycles. The van der Waals surface area contributed by atoms with Crippen molar-refractivity contribution in [2.45, 2.75) is 0 Å². The summed E-state index contributed by atoms with van der Waals surface area (Å²) in [4.78, 5) is 3.04. The molecule has 2 nitrogen and oxygen atoms in total. The minimum Gasteiger partial charge on any atom is -0.497 e. The molecule has 0 aliphatic heterocycles. The predicted molar refractivity (Wildman–Crippen MR) is 59.4 cm³/mol. The molecular formula is C11H10ClNO. The van der Waals surface area contributed by atoms with Gasteiger partial charge in [0.25, 0.3) is 0 Å². The minimum absolute atomic E-state index is 0.639. The Labute approximate surface area is 87.1 Å². The first-order chi connectivity index (χ1) is 6.70. The molecule has 0 fully saturated rings. The lowest BCUT2D eigenvalue weighted by atomic mass is 10.1. The molecule has 1 aromatic carbocycles. The molecule has 0 bridgehead atoms. The normalized spacial score (nSPS) is 10.4. The number of hydrogen-bond acceptors (Lipinski definition) is 1. The number of H-pyrrole nitrogens is 1. The van der Waals surface area contributed by atoms with E-state index in [0.29, 0.717) is 10.9 Å². The molecule has 72 valence electrons. The number of aromatic amines is 1. The van der Waals surface area contributed by atoms with Crippen molar-refractivity contribution in [3.63, 3.8) is 0 Å². The zero-order valence-corrected chi connectivity index (χ0v) is 8.56. The van der Waals surface area contributed by atoms with E-state index >= 15 is 0 Å². The van der Waals surface area contributed by atoms with Gasteiger partial charge in [-0.25, -0.2) is 0 Å². The van der Waals surface area contributed by atoms with E-state index in [0.717, 1.165) is 16.5 Å². The molecule has 0 saturated carbocycles. The lowest BCUT2D eigenvalue weighted by Gasteiger charge is -2.03. The summed E-state index contributed by atoms with van der Waals surface area (Å²) in [7, 11) is 1.61. The van der Waals surface area contributed by atoms with Crippen LogP contribution in [0.2, 0.25) is 5.15 Å². The summed E-state index contributed by atoms with van der Waals surface area (Å²) in [5, 5.41) is 1.70. The summed E-state index contributed by atoms with van der Waals surface area (Å²) >= 11 is 5.84. The highest BCUT2D eigenvalue weighted by Crippen LogP contribution is 2.23. The van der Waals surface area contributed by atoms with Gasteiger partial charge in [0, 0.05) is 16.5 Å². The number of benzene rings is 1. The van der Waals surface area contributed by atoms with Gasteiger partial charge in [-0.05, 0) is 24.3 Å². The molecule has 1 N–H and O–H groups in total. The third-order valence-electron chi connectivity index (χ3n) is 2.16. The van der Waals surface area contributed by atoms with Gasteiger partial charge in [0.05, 0.1) is 7.11 Å². The van der Waals surface area contributed by atoms with Crippen LogP contribution < -0.4 is 0 Å². The van der Waals surface area contributed by atoms with Crippen molar-refractivity contribution >= 4 is 28.3 Å². The number of aromatic nitrogens is 1. The third kappa shape index (κ3) is 1.49. The molecule has 1 heterocycles. The van der Waals surface area contributed by atoms with Crippen LogP contribution in [-0.2, 0) is 4.74 Å². The summed E-state index contributed by atoms with van der Waals surface area (Å²) in [5.74, 6) is 0.657. The van der Waals surface area contributed by atoms with Gasteiger partial charge in [0.2, 0.25) is 0 Å². The Balaban J connectivity index is 2.55. The van der Waals surface area contributed by atoms with E-state index in [9.17, 15) is 0 Å². The topological polar surface area (TPSA) is 25.0 Å². The lowest BCUT2D eigenvalue weighted by Crippen LogP contribution is -1.84. The summed E-state index contributed by atoms with van der Waals surface area (Å²) in [5.41, 5.74) is 1.98. The van der Waals surface area contributed by atoms with Crippen LogP contribution in [-0.4, -0.2) is 12.1 Å². The van der Waals surface area contributed by atoms with Gasteiger partial charge in [-0.2, -0.15) is 0 Å². The Kier molecular flexibility index (Phi) is 2.22. The number of rotatable bonds is 2. The maximum atomic E-state index is 5.84. The van der Waals surface area contributed by atoms with E-state index in [4.69, 9.17) is 16.3 Å². The van der Waals surface area contributed by atoms with Crippen molar-refractivity contribution in [1.82, 2.24) is 4.98 Å². The highest BCUT2D eigenvalue weighted by molar-refractivity contribution is 6.30. The molecule has 0 amide bonds. The Morgan fingerprint density at radius 3 is 2.93 bits per heavy atom. The van der Waals surface area contributed by atoms with Crippen LogP contribution in [0.15, 0.2) is 30.8 Å². The Morgan fingerprint density at radius 2 is 2.21 bits per heavy atom. The van der Waals surface area contributed by atoms with E-state index in [2.05, 4.69) is 11.6 Å². The molecule has 0 spiro atoms. The van der Waals surface area contributed by atoms with E-state index in [1.807, 2.05) is 24.3 Å². The van der Waals surface area contributed by atoms with E-state index in [1.165, 1.54) is 0 Å². The molecule has 0 atom stereocenters. The van der Waals surface area contributed by atoms with Gasteiger partial charge in [0.1, 0.15) is 10.9 Å². The minimum atomic E-state index is 0.639. The first kappa shape index (κ1) is 9.16. The van der Waals surface area contributed by atoms with Crippen LogP contribution >= 0.6 is 11.6 Å². The summed E-state index contributed by atoms with van der Waals surface area (Å²) < 4.78 is 5.05. The molecular weight excluding hydrogens is 198 g/mol. The van der Waals surface area contributed by atoms with E-state index < -0.39 is 0 Å². The van der Waals surface area contributed by atoms with E-state index in [1.54, 1.807) is 7.11 Å². The lowest BCUT2D eigenvalue weighted by molar-refractivity contribution is 0.371. The average Bonchev–Trinajstić information content (AvgIpc) is 2.55. The first-order valence-electron chi connectivity index (χ1n) is 4.22. The summed E-state index contributed by atoms with van der Waals surface area (Å²) in [6.07, 6.45) is 0. The van der Waals surface area contributed by atoms with Crippen LogP contribution in [0.5, 0.6) is 0 Å². The van der Waals surface area contributed by atoms with Crippen molar-refractivity contribution in [2.24, 2.45) is 0 Å². The van der Waals surface area contributed by atoms with Crippen molar-refractivity contribution in [1.29, 1.82) is 0 Å². The van der Waals surface area contributed by atoms with Gasteiger partial charge in [-0.15, -0.1) is 0 Å². The highest BCUT2D eigenvalue weighted by Gasteiger charge is 2.02. The maximum absolute atomic E-state index is 5.84. The number of halogens is 1. The number of ether oxygens (including phenoxy) is 1. The molecule has 0 radical (unpaired) electrons. The van der Waals surface area contributed by atoms with Gasteiger partial charge in [-0.3, -0.25) is 0 Å². The standard InChI is InChI=1S/C11H10ClNO/c1-7(14-2)8-3-4-10-9(5-8)6-11(12)13-10/h3-6,13H,1H2,2H3. The quantitative estimate of drug-likeness (QED) is 0.750. The van der Waals surface area contributed by atoms with E-state index in [-0.39, 0.29) is 0 Å². The van der Waals surface area contributed by atoms with Crippen LogP contribution in [0.25, 0.3) is 16.7 Å². The zero-order chi connectivity index (χ0) is 10.1. The predicted octanol–water partition coefficient (Wildman–Crippen LogP) is 3.44. The fourth-order valence-corrected chi connectivity index (χ4v) is 1.61. The SMILES string of the molecule is C=C(OC)c1ccc2[nH]c(Cl)cc2c1. The first-order valence-corrected chi connectivity index (χ1v) is 4.60. The van der Waals surface area contributed by atoms with Crippen molar-refractivity contribution in [3.8, 4) is 0 Å². The van der Waals surface area contributed by atoms with Crippen molar-refractivity contribution < 1.29 is 4.74 Å². The molecule has 1 aromatic heterocycles. The fraction of sp³-hybridized carbons (Fsp3) is 0.0909. The smallest absolute Gasteiger partial charge is 0.118 e. The monoisotopic (exact) mass is 207 g/mol. The van der Waals surface area contributed by atoms with Gasteiger partial charge >= 0.3 is 0 Å². The Morgan fingerprint density at radius 1 is 1.43 bits per heavy atom. The largest absolute Gasteiger partial charge is 0.497 e. The van der Waals surface area contributed by atoms with Gasteiger partial charge in [0.15, 0.2) is 0 Å². The summed E-state index contributed by atoms with van der Waals surface area (Å²) in [6, 6.07) is 7.77. The number of fused-ring (bicyclic) bond motifs is 1. The maximum Gasteiger partial charge on any atom is 0.118 e. The molecule has 0 unspecified atom stereocenters. The molecule has 0 saturated heterocycles. The number of methoxy groups -OCH3 is 1. The zero-order valence-electron chi connectivity index (χ0n) is 7.80. The second-order valence-electron chi connectivity index (χ2n) is 3.05. The average molecular weight is 208 g/mol. The number of nitrogens with one attached hydrogen (secondary N) is 1. The molecule has 14 heavy (non-hydrogen) atoms. The van der Waals surface area contributed by atoms with Crippen LogP contribution in [0.4, 0.5) is 0 Å². The van der Waals surface area contributed by atoms with Crippen LogP contribution in [0, 0.1) is 0 Å². The Bertz CT molecular complexity index is 487. The van der Waals surface area contributed by atoms with Gasteiger partial charge in [-0.1, -0.05) is 18.2 Å². The van der Waals surface area contributed by atoms with Crippen LogP contribution in [0.3, 0.4) is 0 Å². The fourth-order valence-electron chi connectivity index (χ4n) is 1.39. The third-order valence-corrected chi connectivity index (χ3v) is 2.36. The molecule has 0 aliphatic rings. The highest BCUT2D eigenvalue weighted by atomic mass is 35.5. The van der Waals surface area contributed by atoms with Crippen molar-refractivity contribution in [3.05, 3.63) is 41.6 Å². The van der Waals surface area contributed by atoms with Gasteiger partial charge < -0.3 is 9.72 Å². The number of hydrogen-bond donors (Lipinski definition) is 1. The van der Waals surface area contributed by atoms with Crippen LogP contribution in [0.1, 0.15) is 5.56 Å². The molecule has 2 aromatic rings. The van der Waals surface area contributed by atoms with Crippen molar-refractivity contribution in [2.75, 3.05) is 7.11 Å². The second kappa shape index (κ2) is 3.39. The Hall–Kier alpha value is -1.41. The molecule has 3 heteroatoms.